The second-order valence-electron chi connectivity index (χ2n) is 6.20. The van der Waals surface area contributed by atoms with Gasteiger partial charge in [-0.05, 0) is 20.8 Å². The lowest BCUT2D eigenvalue weighted by Gasteiger charge is -2.33. The van der Waals surface area contributed by atoms with E-state index < -0.39 is 17.5 Å². The molecule has 0 unspecified atom stereocenters. The molecule has 8 nitrogen and oxygen atoms in total. The number of carbonyl (C=O) groups excluding carboxylic acids is 2. The number of nitrogens with zero attached hydrogens (tertiary/aromatic N) is 2. The zero-order chi connectivity index (χ0) is 16.0. The Morgan fingerprint density at radius 1 is 1.00 bits per heavy atom. The highest BCUT2D eigenvalue weighted by Crippen LogP contribution is 2.01. The van der Waals surface area contributed by atoms with E-state index in [1.54, 1.807) is 0 Å². The summed E-state index contributed by atoms with van der Waals surface area (Å²) in [7, 11) is 0. The van der Waals surface area contributed by atoms with Gasteiger partial charge < -0.3 is 10.4 Å². The maximum absolute atomic E-state index is 11.7. The van der Waals surface area contributed by atoms with E-state index >= 15 is 0 Å². The van der Waals surface area contributed by atoms with Crippen LogP contribution in [0.15, 0.2) is 0 Å². The summed E-state index contributed by atoms with van der Waals surface area (Å²) in [6, 6.07) is -0.503. The normalized spacial score (nSPS) is 17.3. The van der Waals surface area contributed by atoms with E-state index in [1.807, 2.05) is 30.6 Å². The van der Waals surface area contributed by atoms with E-state index in [0.29, 0.717) is 26.2 Å². The van der Waals surface area contributed by atoms with Crippen molar-refractivity contribution in [3.05, 3.63) is 0 Å². The molecule has 1 heterocycles. The Morgan fingerprint density at radius 3 is 1.90 bits per heavy atom. The molecule has 0 saturated carbocycles. The molecule has 1 fully saturated rings. The zero-order valence-electron chi connectivity index (χ0n) is 12.8. The lowest BCUT2D eigenvalue weighted by Crippen LogP contribution is -2.53. The number of rotatable bonds is 4. The third kappa shape index (κ3) is 7.62. The molecule has 0 radical (unpaired) electrons. The first-order valence-corrected chi connectivity index (χ1v) is 6.94. The Hall–Kier alpha value is -1.67. The molecule has 0 aliphatic carbocycles. The second kappa shape index (κ2) is 7.37. The number of hydrogen-bond acceptors (Lipinski definition) is 5. The minimum atomic E-state index is -0.847. The van der Waals surface area contributed by atoms with E-state index in [4.69, 9.17) is 5.11 Å². The summed E-state index contributed by atoms with van der Waals surface area (Å²) in [5.41, 5.74) is -0.396. The van der Waals surface area contributed by atoms with Crippen molar-refractivity contribution in [1.29, 1.82) is 0 Å². The number of piperazine rings is 1. The van der Waals surface area contributed by atoms with Crippen LogP contribution in [0.5, 0.6) is 0 Å². The van der Waals surface area contributed by atoms with Gasteiger partial charge in [0.25, 0.3) is 0 Å². The minimum Gasteiger partial charge on any atom is -0.480 e. The van der Waals surface area contributed by atoms with Gasteiger partial charge in [-0.25, -0.2) is 4.79 Å². The Morgan fingerprint density at radius 2 is 1.48 bits per heavy atom. The number of imide groups is 1. The van der Waals surface area contributed by atoms with Crippen LogP contribution in [-0.2, 0) is 9.59 Å². The van der Waals surface area contributed by atoms with E-state index in [2.05, 4.69) is 10.6 Å². The topological polar surface area (TPSA) is 102 Å². The molecule has 0 aromatic rings. The van der Waals surface area contributed by atoms with Crippen LogP contribution in [0.1, 0.15) is 20.8 Å². The fourth-order valence-electron chi connectivity index (χ4n) is 2.04. The number of amides is 3. The Balaban J connectivity index is 2.27. The molecule has 1 aliphatic rings. The van der Waals surface area contributed by atoms with Gasteiger partial charge in [0.15, 0.2) is 0 Å². The van der Waals surface area contributed by atoms with Gasteiger partial charge in [-0.15, -0.1) is 0 Å². The van der Waals surface area contributed by atoms with Crippen molar-refractivity contribution in [3.8, 4) is 0 Å². The molecule has 0 atom stereocenters. The molecular weight excluding hydrogens is 276 g/mol. The number of urea groups is 1. The molecule has 1 rings (SSSR count). The van der Waals surface area contributed by atoms with Crippen LogP contribution in [0, 0.1) is 0 Å². The van der Waals surface area contributed by atoms with Crippen LogP contribution in [-0.4, -0.2) is 77.6 Å². The van der Waals surface area contributed by atoms with Gasteiger partial charge in [0.2, 0.25) is 5.91 Å². The van der Waals surface area contributed by atoms with Crippen LogP contribution in [0.4, 0.5) is 4.79 Å². The lowest BCUT2D eigenvalue weighted by atomic mass is 10.1. The summed E-state index contributed by atoms with van der Waals surface area (Å²) in [6.07, 6.45) is 0. The Bertz CT molecular complexity index is 397. The maximum atomic E-state index is 11.7. The van der Waals surface area contributed by atoms with Gasteiger partial charge in [0.05, 0.1) is 13.1 Å². The van der Waals surface area contributed by atoms with Crippen molar-refractivity contribution >= 4 is 17.9 Å². The van der Waals surface area contributed by atoms with E-state index in [9.17, 15) is 14.4 Å². The molecule has 1 aliphatic heterocycles. The summed E-state index contributed by atoms with van der Waals surface area (Å²) in [5.74, 6) is -1.21. The number of carboxylic acid groups (broad SMARTS) is 1. The van der Waals surface area contributed by atoms with Gasteiger partial charge in [-0.2, -0.15) is 0 Å². The average Bonchev–Trinajstić information content (AvgIpc) is 2.28. The molecule has 0 bridgehead atoms. The Kier molecular flexibility index (Phi) is 6.10. The molecule has 1 saturated heterocycles. The highest BCUT2D eigenvalue weighted by Gasteiger charge is 2.21. The first-order chi connectivity index (χ1) is 9.65. The first kappa shape index (κ1) is 17.4. The van der Waals surface area contributed by atoms with Crippen molar-refractivity contribution in [2.45, 2.75) is 26.3 Å². The molecule has 21 heavy (non-hydrogen) atoms. The predicted molar refractivity (Wildman–Crippen MR) is 76.9 cm³/mol. The third-order valence-corrected chi connectivity index (χ3v) is 2.93. The summed E-state index contributed by atoms with van der Waals surface area (Å²) >= 11 is 0. The van der Waals surface area contributed by atoms with Crippen molar-refractivity contribution < 1.29 is 19.5 Å². The van der Waals surface area contributed by atoms with Crippen molar-refractivity contribution in [2.24, 2.45) is 0 Å². The van der Waals surface area contributed by atoms with Crippen LogP contribution in [0.25, 0.3) is 0 Å². The summed E-state index contributed by atoms with van der Waals surface area (Å²) in [4.78, 5) is 37.6. The van der Waals surface area contributed by atoms with E-state index in [1.165, 1.54) is 0 Å². The molecular formula is C13H24N4O4. The fraction of sp³-hybridized carbons (Fsp3) is 0.769. The highest BCUT2D eigenvalue weighted by molar-refractivity contribution is 5.95. The molecule has 0 aromatic heterocycles. The standard InChI is InChI=1S/C13H24N4O4/c1-13(2,3)15-12(21)14-10(18)8-16-4-6-17(7-5-16)9-11(19)20/h4-9H2,1-3H3,(H,19,20)(H2,14,15,18,21). The monoisotopic (exact) mass is 300 g/mol. The summed E-state index contributed by atoms with van der Waals surface area (Å²) < 4.78 is 0. The van der Waals surface area contributed by atoms with Crippen LogP contribution >= 0.6 is 0 Å². The van der Waals surface area contributed by atoms with Gasteiger partial charge in [0, 0.05) is 31.7 Å². The summed E-state index contributed by atoms with van der Waals surface area (Å²) in [5, 5.41) is 13.6. The minimum absolute atomic E-state index is 0.0219. The highest BCUT2D eigenvalue weighted by atomic mass is 16.4. The molecule has 3 amide bonds. The number of hydrogen-bond donors (Lipinski definition) is 3. The predicted octanol–water partition coefficient (Wildman–Crippen LogP) is -0.687. The number of nitrogens with one attached hydrogen (secondary N) is 2. The van der Waals surface area contributed by atoms with Gasteiger partial charge in [-0.3, -0.25) is 24.7 Å². The smallest absolute Gasteiger partial charge is 0.321 e. The molecule has 3 N–H and O–H groups in total. The van der Waals surface area contributed by atoms with Crippen molar-refractivity contribution in [3.63, 3.8) is 0 Å². The fourth-order valence-corrected chi connectivity index (χ4v) is 2.04. The van der Waals surface area contributed by atoms with Gasteiger partial charge in [-0.1, -0.05) is 0 Å². The lowest BCUT2D eigenvalue weighted by molar-refractivity contribution is -0.139. The van der Waals surface area contributed by atoms with Crippen LogP contribution < -0.4 is 10.6 Å². The largest absolute Gasteiger partial charge is 0.480 e. The summed E-state index contributed by atoms with van der Waals surface area (Å²) in [6.45, 7) is 8.09. The second-order valence-corrected chi connectivity index (χ2v) is 6.20. The van der Waals surface area contributed by atoms with Gasteiger partial charge in [0.1, 0.15) is 0 Å². The average molecular weight is 300 g/mol. The van der Waals surface area contributed by atoms with E-state index in [0.717, 1.165) is 0 Å². The number of aliphatic carboxylic acids is 1. The van der Waals surface area contributed by atoms with Crippen molar-refractivity contribution in [1.82, 2.24) is 20.4 Å². The van der Waals surface area contributed by atoms with Crippen LogP contribution in [0.2, 0.25) is 0 Å². The van der Waals surface area contributed by atoms with Gasteiger partial charge >= 0.3 is 12.0 Å². The SMILES string of the molecule is CC(C)(C)NC(=O)NC(=O)CN1CCN(CC(=O)O)CC1. The molecule has 8 heteroatoms. The van der Waals surface area contributed by atoms with E-state index in [-0.39, 0.29) is 19.0 Å². The molecule has 120 valence electrons. The molecule has 0 aromatic carbocycles. The van der Waals surface area contributed by atoms with Crippen molar-refractivity contribution in [2.75, 3.05) is 39.3 Å². The maximum Gasteiger partial charge on any atom is 0.321 e. The first-order valence-electron chi connectivity index (χ1n) is 6.94. The quantitative estimate of drug-likeness (QED) is 0.635. The third-order valence-electron chi connectivity index (χ3n) is 2.93. The van der Waals surface area contributed by atoms with Crippen LogP contribution in [0.3, 0.4) is 0 Å². The number of carbonyl (C=O) groups is 3. The molecule has 0 spiro atoms. The zero-order valence-corrected chi connectivity index (χ0v) is 12.8. The Labute approximate surface area is 124 Å². The number of carboxylic acids is 1.